The van der Waals surface area contributed by atoms with Gasteiger partial charge in [-0.2, -0.15) is 0 Å². The van der Waals surface area contributed by atoms with E-state index >= 15 is 0 Å². The standard InChI is InChI=1S/C11H10OS/c1-7-10-5-3-9(12)4-6-11(10)8(2)13-7/h3-6H,1-2H3. The minimum atomic E-state index is 0.0694. The van der Waals surface area contributed by atoms with Crippen molar-refractivity contribution < 1.29 is 0 Å². The molecule has 1 aromatic heterocycles. The summed E-state index contributed by atoms with van der Waals surface area (Å²) in [7, 11) is 0. The van der Waals surface area contributed by atoms with E-state index in [0.29, 0.717) is 0 Å². The lowest BCUT2D eigenvalue weighted by atomic mass is 10.2. The molecule has 0 atom stereocenters. The monoisotopic (exact) mass is 190 g/mol. The minimum absolute atomic E-state index is 0.0694. The smallest absolute Gasteiger partial charge is 0.178 e. The molecule has 1 heterocycles. The summed E-state index contributed by atoms with van der Waals surface area (Å²) in [6.45, 7) is 4.18. The molecule has 0 aliphatic carbocycles. The van der Waals surface area contributed by atoms with Crippen LogP contribution in [-0.2, 0) is 0 Å². The Kier molecular flexibility index (Phi) is 1.93. The van der Waals surface area contributed by atoms with Crippen LogP contribution in [0.1, 0.15) is 9.75 Å². The second-order valence-electron chi connectivity index (χ2n) is 3.11. The summed E-state index contributed by atoms with van der Waals surface area (Å²) in [5, 5.41) is 2.40. The molecule has 0 saturated heterocycles. The Morgan fingerprint density at radius 3 is 1.85 bits per heavy atom. The van der Waals surface area contributed by atoms with Crippen molar-refractivity contribution in [1.29, 1.82) is 0 Å². The predicted molar refractivity (Wildman–Crippen MR) is 57.6 cm³/mol. The second-order valence-corrected chi connectivity index (χ2v) is 4.54. The van der Waals surface area contributed by atoms with Gasteiger partial charge in [-0.25, -0.2) is 0 Å². The Morgan fingerprint density at radius 2 is 1.38 bits per heavy atom. The third-order valence-electron chi connectivity index (χ3n) is 2.18. The fourth-order valence-corrected chi connectivity index (χ4v) is 2.55. The molecule has 0 spiro atoms. The highest BCUT2D eigenvalue weighted by Crippen LogP contribution is 2.28. The molecule has 0 amide bonds. The van der Waals surface area contributed by atoms with Crippen molar-refractivity contribution in [2.45, 2.75) is 13.8 Å². The number of hydrogen-bond acceptors (Lipinski definition) is 2. The van der Waals surface area contributed by atoms with Gasteiger partial charge in [0.05, 0.1) is 0 Å². The third-order valence-corrected chi connectivity index (χ3v) is 3.24. The summed E-state index contributed by atoms with van der Waals surface area (Å²) < 4.78 is 0. The summed E-state index contributed by atoms with van der Waals surface area (Å²) in [6, 6.07) is 7.08. The van der Waals surface area contributed by atoms with Crippen LogP contribution in [-0.4, -0.2) is 0 Å². The Bertz CT molecular complexity index is 468. The summed E-state index contributed by atoms with van der Waals surface area (Å²) in [5.74, 6) is 0. The molecule has 2 heteroatoms. The maximum atomic E-state index is 11.1. The molecule has 0 unspecified atom stereocenters. The molecular weight excluding hydrogens is 180 g/mol. The molecule has 0 N–H and O–H groups in total. The molecule has 66 valence electrons. The van der Waals surface area contributed by atoms with E-state index in [0.717, 1.165) is 0 Å². The largest absolute Gasteiger partial charge is 0.290 e. The summed E-state index contributed by atoms with van der Waals surface area (Å²) in [6.07, 6.45) is 0. The topological polar surface area (TPSA) is 17.1 Å². The zero-order chi connectivity index (χ0) is 9.42. The van der Waals surface area contributed by atoms with Crippen LogP contribution in [0.3, 0.4) is 0 Å². The molecule has 0 fully saturated rings. The first kappa shape index (κ1) is 8.45. The molecule has 1 nitrogen and oxygen atoms in total. The minimum Gasteiger partial charge on any atom is -0.290 e. The van der Waals surface area contributed by atoms with Gasteiger partial charge in [0.2, 0.25) is 0 Å². The van der Waals surface area contributed by atoms with E-state index < -0.39 is 0 Å². The molecule has 0 bridgehead atoms. The van der Waals surface area contributed by atoms with E-state index in [2.05, 4.69) is 13.8 Å². The number of hydrogen-bond donors (Lipinski definition) is 0. The van der Waals surface area contributed by atoms with E-state index in [9.17, 15) is 4.79 Å². The van der Waals surface area contributed by atoms with E-state index in [4.69, 9.17) is 0 Å². The molecule has 0 aliphatic heterocycles. The Morgan fingerprint density at radius 1 is 0.923 bits per heavy atom. The predicted octanol–water partition coefficient (Wildman–Crippen LogP) is 2.88. The van der Waals surface area contributed by atoms with Crippen molar-refractivity contribution in [3.05, 3.63) is 44.2 Å². The van der Waals surface area contributed by atoms with Crippen LogP contribution in [0.25, 0.3) is 10.8 Å². The van der Waals surface area contributed by atoms with Gasteiger partial charge < -0.3 is 0 Å². The SMILES string of the molecule is Cc1sc(C)c2ccc(=O)ccc12. The first-order chi connectivity index (χ1) is 6.18. The molecule has 2 aromatic rings. The summed E-state index contributed by atoms with van der Waals surface area (Å²) in [4.78, 5) is 13.7. The average molecular weight is 190 g/mol. The van der Waals surface area contributed by atoms with Crippen molar-refractivity contribution in [2.75, 3.05) is 0 Å². The number of rotatable bonds is 0. The molecule has 0 saturated carbocycles. The maximum absolute atomic E-state index is 11.1. The number of aryl methyl sites for hydroxylation is 2. The van der Waals surface area contributed by atoms with Gasteiger partial charge in [0, 0.05) is 9.75 Å². The lowest BCUT2D eigenvalue weighted by Crippen LogP contribution is -1.87. The zero-order valence-corrected chi connectivity index (χ0v) is 8.44. The van der Waals surface area contributed by atoms with Crippen molar-refractivity contribution in [3.8, 4) is 0 Å². The quantitative estimate of drug-likeness (QED) is 0.624. The highest BCUT2D eigenvalue weighted by molar-refractivity contribution is 7.13. The number of thiophene rings is 1. The lowest BCUT2D eigenvalue weighted by molar-refractivity contribution is 1.66. The number of fused-ring (bicyclic) bond motifs is 1. The van der Waals surface area contributed by atoms with Crippen LogP contribution in [0.2, 0.25) is 0 Å². The first-order valence-electron chi connectivity index (χ1n) is 4.18. The van der Waals surface area contributed by atoms with Gasteiger partial charge >= 0.3 is 0 Å². The fraction of sp³-hybridized carbons (Fsp3) is 0.182. The van der Waals surface area contributed by atoms with Crippen molar-refractivity contribution in [1.82, 2.24) is 0 Å². The highest BCUT2D eigenvalue weighted by atomic mass is 32.1. The average Bonchev–Trinajstić information content (AvgIpc) is 2.27. The second kappa shape index (κ2) is 2.96. The molecular formula is C11H10OS. The van der Waals surface area contributed by atoms with Gasteiger partial charge in [0.15, 0.2) is 5.43 Å². The van der Waals surface area contributed by atoms with Crippen LogP contribution in [0.4, 0.5) is 0 Å². The normalized spacial score (nSPS) is 10.6. The molecule has 13 heavy (non-hydrogen) atoms. The zero-order valence-electron chi connectivity index (χ0n) is 7.63. The lowest BCUT2D eigenvalue weighted by Gasteiger charge is -1.82. The van der Waals surface area contributed by atoms with Crippen molar-refractivity contribution in [2.24, 2.45) is 0 Å². The van der Waals surface area contributed by atoms with Gasteiger partial charge in [-0.3, -0.25) is 4.79 Å². The Hall–Kier alpha value is -1.15. The van der Waals surface area contributed by atoms with Gasteiger partial charge in [-0.1, -0.05) is 0 Å². The Balaban J connectivity index is 3.00. The van der Waals surface area contributed by atoms with Crippen molar-refractivity contribution in [3.63, 3.8) is 0 Å². The van der Waals surface area contributed by atoms with Crippen molar-refractivity contribution >= 4 is 22.1 Å². The van der Waals surface area contributed by atoms with E-state index in [1.165, 1.54) is 20.5 Å². The van der Waals surface area contributed by atoms with E-state index in [1.807, 2.05) is 12.1 Å². The van der Waals surface area contributed by atoms with Gasteiger partial charge in [-0.15, -0.1) is 11.3 Å². The van der Waals surface area contributed by atoms with Crippen LogP contribution in [0.15, 0.2) is 29.1 Å². The van der Waals surface area contributed by atoms with Gasteiger partial charge in [0.1, 0.15) is 0 Å². The summed E-state index contributed by atoms with van der Waals surface area (Å²) >= 11 is 1.78. The first-order valence-corrected chi connectivity index (χ1v) is 5.00. The fourth-order valence-electron chi connectivity index (χ4n) is 1.52. The van der Waals surface area contributed by atoms with Crippen LogP contribution in [0.5, 0.6) is 0 Å². The highest BCUT2D eigenvalue weighted by Gasteiger charge is 2.02. The van der Waals surface area contributed by atoms with Gasteiger partial charge in [0.25, 0.3) is 0 Å². The molecule has 0 radical (unpaired) electrons. The molecule has 0 aliphatic rings. The Labute approximate surface area is 80.7 Å². The van der Waals surface area contributed by atoms with Crippen LogP contribution >= 0.6 is 11.3 Å². The van der Waals surface area contributed by atoms with Gasteiger partial charge in [-0.05, 0) is 48.9 Å². The van der Waals surface area contributed by atoms with Crippen LogP contribution < -0.4 is 5.43 Å². The molecule has 2 rings (SSSR count). The summed E-state index contributed by atoms with van der Waals surface area (Å²) in [5.41, 5.74) is 0.0694. The maximum Gasteiger partial charge on any atom is 0.178 e. The van der Waals surface area contributed by atoms with E-state index in [-0.39, 0.29) is 5.43 Å². The van der Waals surface area contributed by atoms with Crippen LogP contribution in [0, 0.1) is 13.8 Å². The van der Waals surface area contributed by atoms with E-state index in [1.54, 1.807) is 23.5 Å². The molecule has 1 aromatic carbocycles. The third kappa shape index (κ3) is 1.38.